The molecule has 44 valence electrons. The molecule has 0 aliphatic heterocycles. The van der Waals surface area contributed by atoms with Crippen molar-refractivity contribution in [2.45, 2.75) is 13.3 Å². The summed E-state index contributed by atoms with van der Waals surface area (Å²) in [6.07, 6.45) is -1.72. The molecule has 0 spiro atoms. The van der Waals surface area contributed by atoms with Gasteiger partial charge in [-0.15, -0.1) is 0 Å². The molecule has 7 heavy (non-hydrogen) atoms. The summed E-state index contributed by atoms with van der Waals surface area (Å²) in [4.78, 5) is 0. The zero-order valence-corrected chi connectivity index (χ0v) is 4.16. The standard InChI is InChI=1S/C4H8F2O/c1-2-7-4(6)3-5/h4H,2-3H2,1H3. The van der Waals surface area contributed by atoms with Crippen LogP contribution in [0.15, 0.2) is 0 Å². The van der Waals surface area contributed by atoms with Crippen LogP contribution in [-0.2, 0) is 4.74 Å². The summed E-state index contributed by atoms with van der Waals surface area (Å²) in [5.74, 6) is 0. The average Bonchev–Trinajstić information content (AvgIpc) is 1.68. The summed E-state index contributed by atoms with van der Waals surface area (Å²) >= 11 is 0. The highest BCUT2D eigenvalue weighted by molar-refractivity contribution is 4.31. The van der Waals surface area contributed by atoms with Crippen molar-refractivity contribution in [1.82, 2.24) is 0 Å². The summed E-state index contributed by atoms with van der Waals surface area (Å²) in [5, 5.41) is 0. The van der Waals surface area contributed by atoms with E-state index in [1.54, 1.807) is 6.92 Å². The van der Waals surface area contributed by atoms with Crippen LogP contribution < -0.4 is 0 Å². The Labute approximate surface area is 41.3 Å². The number of rotatable bonds is 3. The molecular formula is C4H8F2O. The molecule has 1 atom stereocenters. The van der Waals surface area contributed by atoms with Gasteiger partial charge in [-0.1, -0.05) is 0 Å². The van der Waals surface area contributed by atoms with Crippen LogP contribution in [0.5, 0.6) is 0 Å². The van der Waals surface area contributed by atoms with Crippen molar-refractivity contribution in [3.05, 3.63) is 0 Å². The number of hydrogen-bond donors (Lipinski definition) is 0. The first kappa shape index (κ1) is 6.82. The number of ether oxygens (including phenoxy) is 1. The molecule has 0 aromatic rings. The maximum Gasteiger partial charge on any atom is 0.227 e. The van der Waals surface area contributed by atoms with Gasteiger partial charge in [-0.3, -0.25) is 0 Å². The van der Waals surface area contributed by atoms with Gasteiger partial charge in [0, 0.05) is 6.61 Å². The van der Waals surface area contributed by atoms with Gasteiger partial charge in [0.05, 0.1) is 0 Å². The van der Waals surface area contributed by atoms with Crippen LogP contribution in [0.2, 0.25) is 0 Å². The van der Waals surface area contributed by atoms with Crippen molar-refractivity contribution < 1.29 is 13.5 Å². The first-order chi connectivity index (χ1) is 3.31. The fourth-order valence-corrected chi connectivity index (χ4v) is 0.225. The van der Waals surface area contributed by atoms with Crippen molar-refractivity contribution in [2.75, 3.05) is 13.3 Å². The number of halogens is 2. The van der Waals surface area contributed by atoms with Gasteiger partial charge < -0.3 is 4.74 Å². The molecule has 0 aromatic carbocycles. The molecule has 0 aliphatic rings. The Morgan fingerprint density at radius 3 is 2.43 bits per heavy atom. The third kappa shape index (κ3) is 3.66. The van der Waals surface area contributed by atoms with Crippen molar-refractivity contribution in [3.8, 4) is 0 Å². The van der Waals surface area contributed by atoms with E-state index in [1.165, 1.54) is 0 Å². The van der Waals surface area contributed by atoms with Gasteiger partial charge in [-0.05, 0) is 6.92 Å². The molecule has 0 bridgehead atoms. The quantitative estimate of drug-likeness (QED) is 0.531. The summed E-state index contributed by atoms with van der Waals surface area (Å²) < 4.78 is 26.8. The minimum Gasteiger partial charge on any atom is -0.346 e. The van der Waals surface area contributed by atoms with Gasteiger partial charge in [0.15, 0.2) is 0 Å². The molecule has 0 N–H and O–H groups in total. The Morgan fingerprint density at radius 2 is 2.29 bits per heavy atom. The van der Waals surface area contributed by atoms with Crippen molar-refractivity contribution >= 4 is 0 Å². The smallest absolute Gasteiger partial charge is 0.227 e. The van der Waals surface area contributed by atoms with Crippen LogP contribution in [0.4, 0.5) is 8.78 Å². The van der Waals surface area contributed by atoms with E-state index in [0.717, 1.165) is 0 Å². The molecule has 0 rings (SSSR count). The fraction of sp³-hybridized carbons (Fsp3) is 1.00. The highest BCUT2D eigenvalue weighted by Gasteiger charge is 2.00. The van der Waals surface area contributed by atoms with Gasteiger partial charge >= 0.3 is 0 Å². The second-order valence-corrected chi connectivity index (χ2v) is 1.02. The molecular weight excluding hydrogens is 102 g/mol. The Bertz CT molecular complexity index is 40.7. The van der Waals surface area contributed by atoms with E-state index in [1.807, 2.05) is 0 Å². The number of hydrogen-bond acceptors (Lipinski definition) is 1. The molecule has 1 nitrogen and oxygen atoms in total. The number of alkyl halides is 2. The third-order valence-electron chi connectivity index (χ3n) is 0.469. The predicted octanol–water partition coefficient (Wildman–Crippen LogP) is 1.29. The van der Waals surface area contributed by atoms with Gasteiger partial charge in [0.25, 0.3) is 0 Å². The lowest BCUT2D eigenvalue weighted by Crippen LogP contribution is -2.07. The molecule has 0 heterocycles. The van der Waals surface area contributed by atoms with Gasteiger partial charge in [-0.2, -0.15) is 0 Å². The predicted molar refractivity (Wildman–Crippen MR) is 22.5 cm³/mol. The van der Waals surface area contributed by atoms with E-state index in [-0.39, 0.29) is 6.61 Å². The summed E-state index contributed by atoms with van der Waals surface area (Å²) in [6, 6.07) is 0. The Morgan fingerprint density at radius 1 is 1.71 bits per heavy atom. The minimum absolute atomic E-state index is 0.227. The fourth-order valence-electron chi connectivity index (χ4n) is 0.225. The Hall–Kier alpha value is -0.180. The molecule has 1 unspecified atom stereocenters. The highest BCUT2D eigenvalue weighted by Crippen LogP contribution is 1.91. The van der Waals surface area contributed by atoms with Crippen molar-refractivity contribution in [3.63, 3.8) is 0 Å². The second kappa shape index (κ2) is 3.99. The van der Waals surface area contributed by atoms with E-state index < -0.39 is 13.0 Å². The zero-order chi connectivity index (χ0) is 5.70. The molecule has 3 heteroatoms. The van der Waals surface area contributed by atoms with Gasteiger partial charge in [0.1, 0.15) is 6.67 Å². The van der Waals surface area contributed by atoms with Crippen LogP contribution in [-0.4, -0.2) is 19.6 Å². The van der Waals surface area contributed by atoms with Gasteiger partial charge in [0.2, 0.25) is 6.36 Å². The van der Waals surface area contributed by atoms with Crippen molar-refractivity contribution in [1.29, 1.82) is 0 Å². The molecule has 0 radical (unpaired) electrons. The van der Waals surface area contributed by atoms with Crippen LogP contribution in [0.25, 0.3) is 0 Å². The van der Waals surface area contributed by atoms with Crippen LogP contribution in [0.3, 0.4) is 0 Å². The SMILES string of the molecule is CCOC(F)CF. The highest BCUT2D eigenvalue weighted by atomic mass is 19.2. The zero-order valence-electron chi connectivity index (χ0n) is 4.16. The molecule has 0 fully saturated rings. The van der Waals surface area contributed by atoms with E-state index >= 15 is 0 Å². The van der Waals surface area contributed by atoms with E-state index in [9.17, 15) is 8.78 Å². The lowest BCUT2D eigenvalue weighted by atomic mass is 10.7. The first-order valence-electron chi connectivity index (χ1n) is 2.13. The summed E-state index contributed by atoms with van der Waals surface area (Å²) in [7, 11) is 0. The normalized spacial score (nSPS) is 14.1. The second-order valence-electron chi connectivity index (χ2n) is 1.02. The maximum absolute atomic E-state index is 11.5. The van der Waals surface area contributed by atoms with E-state index in [0.29, 0.717) is 0 Å². The largest absolute Gasteiger partial charge is 0.346 e. The topological polar surface area (TPSA) is 9.23 Å². The van der Waals surface area contributed by atoms with E-state index in [4.69, 9.17) is 0 Å². The minimum atomic E-state index is -1.72. The maximum atomic E-state index is 11.5. The van der Waals surface area contributed by atoms with E-state index in [2.05, 4.69) is 4.74 Å². The lowest BCUT2D eigenvalue weighted by Gasteiger charge is -1.99. The summed E-state index contributed by atoms with van der Waals surface area (Å²) in [6.45, 7) is 0.793. The molecule has 0 saturated carbocycles. The van der Waals surface area contributed by atoms with Crippen LogP contribution in [0.1, 0.15) is 6.92 Å². The van der Waals surface area contributed by atoms with Crippen molar-refractivity contribution in [2.24, 2.45) is 0 Å². The van der Waals surface area contributed by atoms with Crippen LogP contribution in [0, 0.1) is 0 Å². The van der Waals surface area contributed by atoms with Gasteiger partial charge in [-0.25, -0.2) is 8.78 Å². The third-order valence-corrected chi connectivity index (χ3v) is 0.469. The molecule has 0 aromatic heterocycles. The lowest BCUT2D eigenvalue weighted by molar-refractivity contribution is -0.0461. The molecule has 0 amide bonds. The van der Waals surface area contributed by atoms with Crippen LogP contribution >= 0.6 is 0 Å². The molecule has 0 saturated heterocycles. The monoisotopic (exact) mass is 110 g/mol. The Balaban J connectivity index is 2.83. The first-order valence-corrected chi connectivity index (χ1v) is 2.13. The molecule has 0 aliphatic carbocycles. The summed E-state index contributed by atoms with van der Waals surface area (Å²) in [5.41, 5.74) is 0. The average molecular weight is 110 g/mol. The Kier molecular flexibility index (Phi) is 3.89.